The quantitative estimate of drug-likeness (QED) is 0.838. The monoisotopic (exact) mass is 275 g/mol. The van der Waals surface area contributed by atoms with Crippen molar-refractivity contribution >= 4 is 11.9 Å². The number of carbonyl (C=O) groups excluding carboxylic acids is 2. The molecular weight excluding hydrogens is 254 g/mol. The van der Waals surface area contributed by atoms with Crippen molar-refractivity contribution in [2.75, 3.05) is 7.11 Å². The molecule has 2 rings (SSSR count). The summed E-state index contributed by atoms with van der Waals surface area (Å²) in [5, 5.41) is 2.88. The zero-order valence-corrected chi connectivity index (χ0v) is 12.2. The van der Waals surface area contributed by atoms with Crippen LogP contribution in [-0.2, 0) is 14.3 Å². The van der Waals surface area contributed by atoms with E-state index in [4.69, 9.17) is 0 Å². The summed E-state index contributed by atoms with van der Waals surface area (Å²) in [5.74, 6) is 0.0915. The molecule has 3 atom stereocenters. The van der Waals surface area contributed by atoms with E-state index < -0.39 is 0 Å². The predicted molar refractivity (Wildman–Crippen MR) is 76.3 cm³/mol. The third-order valence-electron chi connectivity index (χ3n) is 3.69. The molecule has 1 saturated carbocycles. The lowest BCUT2D eigenvalue weighted by atomic mass is 10.1. The van der Waals surface area contributed by atoms with Crippen LogP contribution in [0.3, 0.4) is 0 Å². The molecule has 1 aliphatic rings. The van der Waals surface area contributed by atoms with Gasteiger partial charge in [-0.15, -0.1) is 0 Å². The molecule has 1 aromatic carbocycles. The van der Waals surface area contributed by atoms with Crippen LogP contribution in [0.2, 0.25) is 0 Å². The van der Waals surface area contributed by atoms with E-state index in [1.54, 1.807) is 0 Å². The lowest BCUT2D eigenvalue weighted by molar-refractivity contribution is -0.141. The first-order chi connectivity index (χ1) is 9.51. The molecule has 0 saturated heterocycles. The molecule has 1 aromatic rings. The molecule has 0 unspecified atom stereocenters. The second-order valence-corrected chi connectivity index (χ2v) is 5.55. The molecule has 4 heteroatoms. The van der Waals surface area contributed by atoms with Crippen LogP contribution in [0.4, 0.5) is 0 Å². The van der Waals surface area contributed by atoms with Gasteiger partial charge in [-0.3, -0.25) is 9.59 Å². The number of carbonyl (C=O) groups is 2. The van der Waals surface area contributed by atoms with Crippen molar-refractivity contribution in [2.45, 2.75) is 38.6 Å². The topological polar surface area (TPSA) is 55.4 Å². The van der Waals surface area contributed by atoms with Crippen molar-refractivity contribution in [2.24, 2.45) is 5.92 Å². The highest BCUT2D eigenvalue weighted by molar-refractivity contribution is 5.83. The fourth-order valence-corrected chi connectivity index (χ4v) is 2.49. The molecule has 108 valence electrons. The van der Waals surface area contributed by atoms with E-state index in [0.717, 1.165) is 6.42 Å². The second kappa shape index (κ2) is 6.07. The number of esters is 1. The van der Waals surface area contributed by atoms with E-state index in [-0.39, 0.29) is 30.3 Å². The van der Waals surface area contributed by atoms with E-state index in [1.807, 2.05) is 13.0 Å². The molecule has 1 N–H and O–H groups in total. The number of hydrogen-bond donors (Lipinski definition) is 1. The average Bonchev–Trinajstić information content (AvgIpc) is 3.18. The third kappa shape index (κ3) is 3.59. The number of hydrogen-bond acceptors (Lipinski definition) is 3. The van der Waals surface area contributed by atoms with E-state index in [9.17, 15) is 9.59 Å². The van der Waals surface area contributed by atoms with Crippen LogP contribution >= 0.6 is 0 Å². The summed E-state index contributed by atoms with van der Waals surface area (Å²) in [6.07, 6.45) is 1.10. The summed E-state index contributed by atoms with van der Waals surface area (Å²) in [5.41, 5.74) is 2.44. The number of aryl methyl sites for hydroxylation is 1. The number of methoxy groups -OCH3 is 1. The molecule has 1 aliphatic carbocycles. The highest BCUT2D eigenvalue weighted by atomic mass is 16.5. The third-order valence-corrected chi connectivity index (χ3v) is 3.69. The van der Waals surface area contributed by atoms with Gasteiger partial charge in [0.25, 0.3) is 0 Å². The lowest BCUT2D eigenvalue weighted by Crippen LogP contribution is -2.35. The maximum Gasteiger partial charge on any atom is 0.307 e. The van der Waals surface area contributed by atoms with Crippen LogP contribution in [-0.4, -0.2) is 25.0 Å². The maximum absolute atomic E-state index is 12.1. The molecule has 0 aromatic heterocycles. The van der Waals surface area contributed by atoms with Gasteiger partial charge < -0.3 is 10.1 Å². The Labute approximate surface area is 119 Å². The molecule has 0 aliphatic heterocycles. The Bertz CT molecular complexity index is 512. The van der Waals surface area contributed by atoms with E-state index in [2.05, 4.69) is 35.2 Å². The number of benzene rings is 1. The standard InChI is InChI=1S/C16H21NO3/c1-10-5-4-6-12(7-10)13-9-14(13)16(19)17-11(2)8-15(18)20-3/h4-7,11,13-14H,8-9H2,1-3H3,(H,17,19)/t11-,13+,14+/m0/s1. The molecular formula is C16H21NO3. The summed E-state index contributed by atoms with van der Waals surface area (Å²) in [4.78, 5) is 23.2. The zero-order valence-electron chi connectivity index (χ0n) is 12.2. The summed E-state index contributed by atoms with van der Waals surface area (Å²) < 4.78 is 4.59. The molecule has 1 fully saturated rings. The maximum atomic E-state index is 12.1. The highest BCUT2D eigenvalue weighted by Gasteiger charge is 2.44. The van der Waals surface area contributed by atoms with Crippen molar-refractivity contribution < 1.29 is 14.3 Å². The number of rotatable bonds is 5. The summed E-state index contributed by atoms with van der Waals surface area (Å²) >= 11 is 0. The largest absolute Gasteiger partial charge is 0.469 e. The van der Waals surface area contributed by atoms with Gasteiger partial charge in [0.2, 0.25) is 5.91 Å². The Morgan fingerprint density at radius 1 is 1.45 bits per heavy atom. The molecule has 0 spiro atoms. The van der Waals surface area contributed by atoms with Gasteiger partial charge in [0.1, 0.15) is 0 Å². The van der Waals surface area contributed by atoms with Crippen molar-refractivity contribution in [1.29, 1.82) is 0 Å². The molecule has 20 heavy (non-hydrogen) atoms. The van der Waals surface area contributed by atoms with Crippen LogP contribution in [0.5, 0.6) is 0 Å². The Kier molecular flexibility index (Phi) is 4.42. The Morgan fingerprint density at radius 3 is 2.85 bits per heavy atom. The zero-order chi connectivity index (χ0) is 14.7. The van der Waals surface area contributed by atoms with Crippen molar-refractivity contribution in [1.82, 2.24) is 5.32 Å². The van der Waals surface area contributed by atoms with Gasteiger partial charge in [0, 0.05) is 12.0 Å². The smallest absolute Gasteiger partial charge is 0.307 e. The number of ether oxygens (including phenoxy) is 1. The number of nitrogens with one attached hydrogen (secondary N) is 1. The molecule has 4 nitrogen and oxygen atoms in total. The van der Waals surface area contributed by atoms with Gasteiger partial charge in [-0.05, 0) is 31.7 Å². The van der Waals surface area contributed by atoms with Gasteiger partial charge in [0.15, 0.2) is 0 Å². The first kappa shape index (κ1) is 14.6. The second-order valence-electron chi connectivity index (χ2n) is 5.55. The Balaban J connectivity index is 1.85. The minimum Gasteiger partial charge on any atom is -0.469 e. The van der Waals surface area contributed by atoms with E-state index in [0.29, 0.717) is 5.92 Å². The van der Waals surface area contributed by atoms with E-state index >= 15 is 0 Å². The van der Waals surface area contributed by atoms with Crippen LogP contribution in [0, 0.1) is 12.8 Å². The van der Waals surface area contributed by atoms with Crippen LogP contribution in [0.1, 0.15) is 36.8 Å². The Hall–Kier alpha value is -1.84. The van der Waals surface area contributed by atoms with Gasteiger partial charge >= 0.3 is 5.97 Å². The predicted octanol–water partition coefficient (Wildman–Crippen LogP) is 2.17. The lowest BCUT2D eigenvalue weighted by Gasteiger charge is -2.12. The molecule has 0 heterocycles. The summed E-state index contributed by atoms with van der Waals surface area (Å²) in [6.45, 7) is 3.87. The van der Waals surface area contributed by atoms with Crippen molar-refractivity contribution in [3.63, 3.8) is 0 Å². The first-order valence-corrected chi connectivity index (χ1v) is 6.95. The van der Waals surface area contributed by atoms with Crippen LogP contribution < -0.4 is 5.32 Å². The first-order valence-electron chi connectivity index (χ1n) is 6.95. The van der Waals surface area contributed by atoms with Crippen LogP contribution in [0.25, 0.3) is 0 Å². The van der Waals surface area contributed by atoms with Crippen LogP contribution in [0.15, 0.2) is 24.3 Å². The fourth-order valence-electron chi connectivity index (χ4n) is 2.49. The minimum atomic E-state index is -0.302. The fraction of sp³-hybridized carbons (Fsp3) is 0.500. The molecule has 0 radical (unpaired) electrons. The minimum absolute atomic E-state index is 0.0351. The van der Waals surface area contributed by atoms with Gasteiger partial charge in [0.05, 0.1) is 13.5 Å². The van der Waals surface area contributed by atoms with E-state index in [1.165, 1.54) is 18.2 Å². The number of amides is 1. The SMILES string of the molecule is COC(=O)C[C@H](C)NC(=O)[C@@H]1C[C@@H]1c1cccc(C)c1. The van der Waals surface area contributed by atoms with Crippen molar-refractivity contribution in [3.05, 3.63) is 35.4 Å². The highest BCUT2D eigenvalue weighted by Crippen LogP contribution is 2.47. The Morgan fingerprint density at radius 2 is 2.20 bits per heavy atom. The van der Waals surface area contributed by atoms with Gasteiger partial charge in [-0.2, -0.15) is 0 Å². The normalized spacial score (nSPS) is 21.9. The van der Waals surface area contributed by atoms with Gasteiger partial charge in [-0.25, -0.2) is 0 Å². The van der Waals surface area contributed by atoms with Crippen molar-refractivity contribution in [3.8, 4) is 0 Å². The average molecular weight is 275 g/mol. The summed E-state index contributed by atoms with van der Waals surface area (Å²) in [6, 6.07) is 8.10. The van der Waals surface area contributed by atoms with Gasteiger partial charge in [-0.1, -0.05) is 29.8 Å². The summed E-state index contributed by atoms with van der Waals surface area (Å²) in [7, 11) is 1.35. The molecule has 0 bridgehead atoms. The molecule has 1 amide bonds.